The predicted octanol–water partition coefficient (Wildman–Crippen LogP) is 4.01. The van der Waals surface area contributed by atoms with E-state index >= 15 is 0 Å². The minimum absolute atomic E-state index is 0.0635. The minimum atomic E-state index is -0.380. The lowest BCUT2D eigenvalue weighted by molar-refractivity contribution is 0.0601. The van der Waals surface area contributed by atoms with Gasteiger partial charge in [-0.05, 0) is 31.0 Å². The average Bonchev–Trinajstić information content (AvgIpc) is 3.23. The van der Waals surface area contributed by atoms with E-state index in [1.165, 1.54) is 17.7 Å². The van der Waals surface area contributed by atoms with Crippen LogP contribution in [0.1, 0.15) is 61.5 Å². The zero-order valence-electron chi connectivity index (χ0n) is 15.7. The topological polar surface area (TPSA) is 69.9 Å². The maximum Gasteiger partial charge on any atom is 0.337 e. The zero-order chi connectivity index (χ0) is 18.7. The van der Waals surface area contributed by atoms with E-state index in [2.05, 4.69) is 38.0 Å². The van der Waals surface area contributed by atoms with Gasteiger partial charge in [0.2, 0.25) is 5.13 Å². The molecule has 6 nitrogen and oxygen atoms in total. The molecule has 0 bridgehead atoms. The van der Waals surface area contributed by atoms with Gasteiger partial charge in [-0.3, -0.25) is 0 Å². The van der Waals surface area contributed by atoms with Crippen LogP contribution in [0.15, 0.2) is 18.2 Å². The number of hydrogen-bond acceptors (Lipinski definition) is 6. The largest absolute Gasteiger partial charge is 0.465 e. The van der Waals surface area contributed by atoms with Crippen molar-refractivity contribution in [2.24, 2.45) is 0 Å². The van der Waals surface area contributed by atoms with Crippen LogP contribution in [0.5, 0.6) is 0 Å². The Labute approximate surface area is 156 Å². The number of carbonyl (C=O) groups is 1. The van der Waals surface area contributed by atoms with Crippen LogP contribution in [0.25, 0.3) is 16.2 Å². The number of hydrogen-bond donors (Lipinski definition) is 0. The zero-order valence-corrected chi connectivity index (χ0v) is 16.5. The average molecular weight is 370 g/mol. The second-order valence-corrected chi connectivity index (χ2v) is 9.12. The number of carbonyl (C=O) groups excluding carboxylic acids is 1. The van der Waals surface area contributed by atoms with E-state index in [0.29, 0.717) is 11.1 Å². The van der Waals surface area contributed by atoms with Crippen molar-refractivity contribution in [3.8, 4) is 5.13 Å². The summed E-state index contributed by atoms with van der Waals surface area (Å²) in [7, 11) is 1.37. The number of ether oxygens (including phenoxy) is 1. The predicted molar refractivity (Wildman–Crippen MR) is 101 cm³/mol. The van der Waals surface area contributed by atoms with Gasteiger partial charge in [0, 0.05) is 15.7 Å². The normalized spacial score (nSPS) is 17.9. The van der Waals surface area contributed by atoms with Gasteiger partial charge in [-0.25, -0.2) is 9.78 Å². The third-order valence-electron chi connectivity index (χ3n) is 5.29. The van der Waals surface area contributed by atoms with Crippen molar-refractivity contribution < 1.29 is 9.53 Å². The van der Waals surface area contributed by atoms with E-state index in [1.807, 2.05) is 6.07 Å². The fraction of sp³-hybridized carbons (Fsp3) is 0.474. The second kappa shape index (κ2) is 5.61. The number of methoxy groups -OCH3 is 1. The molecular weight excluding hydrogens is 348 g/mol. The van der Waals surface area contributed by atoms with Crippen molar-refractivity contribution >= 4 is 28.3 Å². The molecule has 0 amide bonds. The van der Waals surface area contributed by atoms with Crippen LogP contribution < -0.4 is 0 Å². The molecular formula is C19H22N4O2S. The third kappa shape index (κ3) is 2.53. The molecule has 136 valence electrons. The molecule has 3 aromatic rings. The Hall–Kier alpha value is -2.28. The summed E-state index contributed by atoms with van der Waals surface area (Å²) in [4.78, 5) is 18.0. The monoisotopic (exact) mass is 370 g/mol. The van der Waals surface area contributed by atoms with Crippen LogP contribution in [-0.2, 0) is 15.6 Å². The fourth-order valence-corrected chi connectivity index (χ4v) is 4.82. The molecule has 2 heterocycles. The maximum atomic E-state index is 11.7. The Morgan fingerprint density at radius 3 is 2.62 bits per heavy atom. The SMILES string of the molecule is COC(=O)c1ccc2c(c1)nnn2-c1nc2c(s1)C(C)(C)CCC2(C)C. The third-order valence-corrected chi connectivity index (χ3v) is 6.69. The summed E-state index contributed by atoms with van der Waals surface area (Å²) in [5.74, 6) is -0.380. The van der Waals surface area contributed by atoms with Gasteiger partial charge < -0.3 is 4.74 Å². The molecule has 1 aromatic carbocycles. The summed E-state index contributed by atoms with van der Waals surface area (Å²) in [5, 5.41) is 9.34. The van der Waals surface area contributed by atoms with Crippen molar-refractivity contribution in [1.82, 2.24) is 20.0 Å². The van der Waals surface area contributed by atoms with E-state index in [9.17, 15) is 4.79 Å². The Bertz CT molecular complexity index is 982. The highest BCUT2D eigenvalue weighted by molar-refractivity contribution is 7.14. The molecule has 0 spiro atoms. The number of aromatic nitrogens is 4. The first-order valence-corrected chi connectivity index (χ1v) is 9.50. The summed E-state index contributed by atoms with van der Waals surface area (Å²) in [6, 6.07) is 5.28. The van der Waals surface area contributed by atoms with Gasteiger partial charge in [0.15, 0.2) is 0 Å². The van der Waals surface area contributed by atoms with Crippen LogP contribution in [0.2, 0.25) is 0 Å². The summed E-state index contributed by atoms with van der Waals surface area (Å²) < 4.78 is 6.54. The van der Waals surface area contributed by atoms with Crippen molar-refractivity contribution in [2.75, 3.05) is 7.11 Å². The molecule has 0 atom stereocenters. The standard InChI is InChI=1S/C19H22N4O2S/c1-18(2)8-9-19(3,4)15-14(18)20-17(26-15)23-13-7-6-11(16(24)25-5)10-12(13)21-22-23/h6-7,10H,8-9H2,1-5H3. The van der Waals surface area contributed by atoms with Gasteiger partial charge in [0.05, 0.1) is 23.9 Å². The van der Waals surface area contributed by atoms with Crippen LogP contribution in [0.3, 0.4) is 0 Å². The number of rotatable bonds is 2. The summed E-state index contributed by atoms with van der Waals surface area (Å²) in [5.41, 5.74) is 3.30. The van der Waals surface area contributed by atoms with E-state index in [-0.39, 0.29) is 16.8 Å². The van der Waals surface area contributed by atoms with E-state index in [0.717, 1.165) is 23.5 Å². The number of esters is 1. The molecule has 4 rings (SSSR count). The Balaban J connectivity index is 1.84. The highest BCUT2D eigenvalue weighted by atomic mass is 32.1. The van der Waals surface area contributed by atoms with E-state index < -0.39 is 0 Å². The molecule has 0 radical (unpaired) electrons. The molecule has 0 N–H and O–H groups in total. The number of benzene rings is 1. The molecule has 1 aliphatic rings. The van der Waals surface area contributed by atoms with Gasteiger partial charge in [0.25, 0.3) is 0 Å². The number of nitrogens with zero attached hydrogens (tertiary/aromatic N) is 4. The Morgan fingerprint density at radius 2 is 1.92 bits per heavy atom. The van der Waals surface area contributed by atoms with Crippen LogP contribution in [-0.4, -0.2) is 33.1 Å². The molecule has 7 heteroatoms. The van der Waals surface area contributed by atoms with Gasteiger partial charge in [-0.15, -0.1) is 5.10 Å². The molecule has 0 aliphatic heterocycles. The first kappa shape index (κ1) is 17.1. The summed E-state index contributed by atoms with van der Waals surface area (Å²) in [6.07, 6.45) is 2.27. The summed E-state index contributed by atoms with van der Waals surface area (Å²) in [6.45, 7) is 9.08. The van der Waals surface area contributed by atoms with Crippen molar-refractivity contribution in [2.45, 2.75) is 51.4 Å². The van der Waals surface area contributed by atoms with Crippen molar-refractivity contribution in [3.05, 3.63) is 34.3 Å². The number of thiazole rings is 1. The van der Waals surface area contributed by atoms with Crippen LogP contribution in [0.4, 0.5) is 0 Å². The van der Waals surface area contributed by atoms with Crippen molar-refractivity contribution in [3.63, 3.8) is 0 Å². The number of fused-ring (bicyclic) bond motifs is 2. The summed E-state index contributed by atoms with van der Waals surface area (Å²) >= 11 is 1.69. The fourth-order valence-electron chi connectivity index (χ4n) is 3.48. The van der Waals surface area contributed by atoms with Crippen LogP contribution in [0, 0.1) is 0 Å². The molecule has 0 saturated heterocycles. The molecule has 0 saturated carbocycles. The smallest absolute Gasteiger partial charge is 0.337 e. The highest BCUT2D eigenvalue weighted by Crippen LogP contribution is 2.48. The lowest BCUT2D eigenvalue weighted by Crippen LogP contribution is -2.32. The molecule has 0 unspecified atom stereocenters. The highest BCUT2D eigenvalue weighted by Gasteiger charge is 2.40. The first-order chi connectivity index (χ1) is 12.2. The van der Waals surface area contributed by atoms with Gasteiger partial charge in [-0.1, -0.05) is 44.2 Å². The lowest BCUT2D eigenvalue weighted by atomic mass is 9.69. The van der Waals surface area contributed by atoms with Gasteiger partial charge >= 0.3 is 5.97 Å². The van der Waals surface area contributed by atoms with E-state index in [4.69, 9.17) is 9.72 Å². The molecule has 0 fully saturated rings. The van der Waals surface area contributed by atoms with Crippen LogP contribution >= 0.6 is 11.3 Å². The minimum Gasteiger partial charge on any atom is -0.465 e. The van der Waals surface area contributed by atoms with Crippen molar-refractivity contribution in [1.29, 1.82) is 0 Å². The van der Waals surface area contributed by atoms with Gasteiger partial charge in [0.1, 0.15) is 5.52 Å². The Kier molecular flexibility index (Phi) is 3.70. The van der Waals surface area contributed by atoms with E-state index in [1.54, 1.807) is 28.2 Å². The maximum absolute atomic E-state index is 11.7. The molecule has 2 aromatic heterocycles. The Morgan fingerprint density at radius 1 is 1.19 bits per heavy atom. The van der Waals surface area contributed by atoms with Gasteiger partial charge in [-0.2, -0.15) is 4.68 Å². The lowest BCUT2D eigenvalue weighted by Gasteiger charge is -2.37. The first-order valence-electron chi connectivity index (χ1n) is 8.69. The quantitative estimate of drug-likeness (QED) is 0.638. The molecule has 26 heavy (non-hydrogen) atoms. The second-order valence-electron chi connectivity index (χ2n) is 8.14. The molecule has 1 aliphatic carbocycles.